The van der Waals surface area contributed by atoms with E-state index in [1.54, 1.807) is 0 Å². The first-order valence-corrected chi connectivity index (χ1v) is 9.17. The first-order valence-electron chi connectivity index (χ1n) is 9.17. The van der Waals surface area contributed by atoms with Gasteiger partial charge >= 0.3 is 0 Å². The normalized spacial score (nSPS) is 14.9. The molecule has 1 aliphatic rings. The molecule has 0 aliphatic heterocycles. The van der Waals surface area contributed by atoms with Crippen LogP contribution in [0.3, 0.4) is 0 Å². The number of ether oxygens (including phenoxy) is 1. The van der Waals surface area contributed by atoms with Crippen molar-refractivity contribution in [2.75, 3.05) is 40.4 Å². The number of guanidine groups is 1. The summed E-state index contributed by atoms with van der Waals surface area (Å²) in [4.78, 5) is 10.9. The van der Waals surface area contributed by atoms with Gasteiger partial charge in [-0.2, -0.15) is 0 Å². The highest BCUT2D eigenvalue weighted by molar-refractivity contribution is 5.79. The van der Waals surface area contributed by atoms with Crippen LogP contribution in [0.1, 0.15) is 19.3 Å². The van der Waals surface area contributed by atoms with Crippen molar-refractivity contribution in [3.63, 3.8) is 0 Å². The van der Waals surface area contributed by atoms with Gasteiger partial charge in [0.15, 0.2) is 5.96 Å². The third-order valence-corrected chi connectivity index (χ3v) is 4.58. The summed E-state index contributed by atoms with van der Waals surface area (Å²) in [5.74, 6) is 1.74. The van der Waals surface area contributed by atoms with E-state index < -0.39 is 0 Å². The van der Waals surface area contributed by atoms with Crippen LogP contribution in [0.5, 0.6) is 0 Å². The molecule has 1 heterocycles. The van der Waals surface area contributed by atoms with Gasteiger partial charge in [-0.25, -0.2) is 4.98 Å². The van der Waals surface area contributed by atoms with E-state index in [9.17, 15) is 0 Å². The first kappa shape index (κ1) is 17.7. The highest BCUT2D eigenvalue weighted by atomic mass is 16.5. The van der Waals surface area contributed by atoms with Gasteiger partial charge in [-0.05, 0) is 37.3 Å². The Morgan fingerprint density at radius 2 is 2.24 bits per heavy atom. The summed E-state index contributed by atoms with van der Waals surface area (Å²) in [6.07, 6.45) is 5.62. The standard InChI is InChI=1S/C19H29N5O/c1-20-19(23(2)12-13-25-14-16-8-9-16)21-10-5-11-24-15-22-17-6-3-4-7-18(17)24/h3-4,6-7,15-16H,5,8-14H2,1-2H3,(H,20,21). The number of hydrogen-bond donors (Lipinski definition) is 1. The van der Waals surface area contributed by atoms with Crippen LogP contribution in [-0.2, 0) is 11.3 Å². The molecular formula is C19H29N5O. The van der Waals surface area contributed by atoms with E-state index in [1.165, 1.54) is 18.4 Å². The van der Waals surface area contributed by atoms with E-state index in [2.05, 4.69) is 43.9 Å². The third kappa shape index (κ3) is 5.19. The minimum absolute atomic E-state index is 0.759. The highest BCUT2D eigenvalue weighted by Gasteiger charge is 2.21. The molecule has 3 rings (SSSR count). The van der Waals surface area contributed by atoms with Crippen molar-refractivity contribution in [2.24, 2.45) is 10.9 Å². The fourth-order valence-electron chi connectivity index (χ4n) is 2.86. The minimum atomic E-state index is 0.759. The number of nitrogens with one attached hydrogen (secondary N) is 1. The molecule has 0 radical (unpaired) electrons. The molecule has 0 saturated heterocycles. The second kappa shape index (κ2) is 8.85. The molecule has 0 amide bonds. The fourth-order valence-corrected chi connectivity index (χ4v) is 2.86. The molecule has 1 aromatic heterocycles. The summed E-state index contributed by atoms with van der Waals surface area (Å²) in [6, 6.07) is 8.24. The van der Waals surface area contributed by atoms with Crippen molar-refractivity contribution in [1.29, 1.82) is 0 Å². The summed E-state index contributed by atoms with van der Waals surface area (Å²) in [7, 11) is 3.88. The SMILES string of the molecule is CN=C(NCCCn1cnc2ccccc21)N(C)CCOCC1CC1. The Kier molecular flexibility index (Phi) is 6.28. The topological polar surface area (TPSA) is 54.7 Å². The average Bonchev–Trinajstić information content (AvgIpc) is 3.37. The molecule has 1 aliphatic carbocycles. The smallest absolute Gasteiger partial charge is 0.193 e. The highest BCUT2D eigenvalue weighted by Crippen LogP contribution is 2.28. The maximum absolute atomic E-state index is 5.70. The lowest BCUT2D eigenvalue weighted by atomic mass is 10.3. The molecule has 1 saturated carbocycles. The largest absolute Gasteiger partial charge is 0.379 e. The summed E-state index contributed by atoms with van der Waals surface area (Å²) in [5, 5.41) is 3.43. The van der Waals surface area contributed by atoms with Crippen LogP contribution in [0.15, 0.2) is 35.6 Å². The molecule has 0 atom stereocenters. The monoisotopic (exact) mass is 343 g/mol. The molecule has 6 heteroatoms. The number of imidazole rings is 1. The Labute approximate surface area is 149 Å². The second-order valence-corrected chi connectivity index (χ2v) is 6.69. The van der Waals surface area contributed by atoms with Gasteiger partial charge in [0.2, 0.25) is 0 Å². The van der Waals surface area contributed by atoms with Gasteiger partial charge < -0.3 is 19.5 Å². The number of likely N-dealkylation sites (N-methyl/N-ethyl adjacent to an activating group) is 1. The third-order valence-electron chi connectivity index (χ3n) is 4.58. The van der Waals surface area contributed by atoms with Crippen LogP contribution in [0.4, 0.5) is 0 Å². The number of fused-ring (bicyclic) bond motifs is 1. The number of aliphatic imine (C=N–C) groups is 1. The molecule has 136 valence electrons. The van der Waals surface area contributed by atoms with Gasteiger partial charge in [0.25, 0.3) is 0 Å². The van der Waals surface area contributed by atoms with Crippen molar-refractivity contribution in [3.8, 4) is 0 Å². The van der Waals surface area contributed by atoms with Crippen molar-refractivity contribution >= 4 is 17.0 Å². The molecule has 0 spiro atoms. The van der Waals surface area contributed by atoms with Crippen molar-refractivity contribution < 1.29 is 4.74 Å². The summed E-state index contributed by atoms with van der Waals surface area (Å²) in [5.41, 5.74) is 2.24. The Morgan fingerprint density at radius 1 is 1.40 bits per heavy atom. The summed E-state index contributed by atoms with van der Waals surface area (Å²) < 4.78 is 7.91. The van der Waals surface area contributed by atoms with E-state index in [1.807, 2.05) is 25.5 Å². The summed E-state index contributed by atoms with van der Waals surface area (Å²) >= 11 is 0. The van der Waals surface area contributed by atoms with Crippen LogP contribution in [0.2, 0.25) is 0 Å². The molecule has 0 unspecified atom stereocenters. The van der Waals surface area contributed by atoms with Gasteiger partial charge in [0, 0.05) is 40.3 Å². The number of aromatic nitrogens is 2. The van der Waals surface area contributed by atoms with E-state index in [0.717, 1.165) is 56.7 Å². The predicted molar refractivity (Wildman–Crippen MR) is 102 cm³/mol. The lowest BCUT2D eigenvalue weighted by molar-refractivity contribution is 0.115. The van der Waals surface area contributed by atoms with Crippen LogP contribution in [0, 0.1) is 5.92 Å². The molecule has 0 bridgehead atoms. The molecule has 6 nitrogen and oxygen atoms in total. The summed E-state index contributed by atoms with van der Waals surface area (Å²) in [6.45, 7) is 4.36. The van der Waals surface area contributed by atoms with Crippen LogP contribution in [-0.4, -0.2) is 60.8 Å². The fraction of sp³-hybridized carbons (Fsp3) is 0.579. The van der Waals surface area contributed by atoms with Crippen molar-refractivity contribution in [2.45, 2.75) is 25.8 Å². The van der Waals surface area contributed by atoms with E-state index in [4.69, 9.17) is 4.74 Å². The zero-order valence-electron chi connectivity index (χ0n) is 15.3. The first-order chi connectivity index (χ1) is 12.3. The van der Waals surface area contributed by atoms with Crippen molar-refractivity contribution in [1.82, 2.24) is 19.8 Å². The maximum Gasteiger partial charge on any atom is 0.193 e. The number of aryl methyl sites for hydroxylation is 1. The van der Waals surface area contributed by atoms with Gasteiger partial charge in [0.1, 0.15) is 0 Å². The van der Waals surface area contributed by atoms with Crippen LogP contribution < -0.4 is 5.32 Å². The van der Waals surface area contributed by atoms with E-state index >= 15 is 0 Å². The van der Waals surface area contributed by atoms with Crippen molar-refractivity contribution in [3.05, 3.63) is 30.6 Å². The zero-order chi connectivity index (χ0) is 17.5. The zero-order valence-corrected chi connectivity index (χ0v) is 15.3. The maximum atomic E-state index is 5.70. The second-order valence-electron chi connectivity index (χ2n) is 6.69. The van der Waals surface area contributed by atoms with Crippen LogP contribution in [0.25, 0.3) is 11.0 Å². The van der Waals surface area contributed by atoms with E-state index in [-0.39, 0.29) is 0 Å². The molecule has 1 N–H and O–H groups in total. The minimum Gasteiger partial charge on any atom is -0.379 e. The molecule has 25 heavy (non-hydrogen) atoms. The average molecular weight is 343 g/mol. The number of benzene rings is 1. The number of nitrogens with zero attached hydrogens (tertiary/aromatic N) is 4. The lowest BCUT2D eigenvalue weighted by Gasteiger charge is -2.22. The number of rotatable bonds is 9. The van der Waals surface area contributed by atoms with Gasteiger partial charge in [-0.1, -0.05) is 12.1 Å². The van der Waals surface area contributed by atoms with Gasteiger partial charge in [0.05, 0.1) is 24.0 Å². The van der Waals surface area contributed by atoms with Gasteiger partial charge in [-0.15, -0.1) is 0 Å². The Bertz CT molecular complexity index is 692. The Morgan fingerprint density at radius 3 is 3.04 bits per heavy atom. The lowest BCUT2D eigenvalue weighted by Crippen LogP contribution is -2.41. The Hall–Kier alpha value is -2.08. The predicted octanol–water partition coefficient (Wildman–Crippen LogP) is 2.36. The number of para-hydroxylation sites is 2. The van der Waals surface area contributed by atoms with Gasteiger partial charge in [-0.3, -0.25) is 4.99 Å². The molecule has 1 fully saturated rings. The molecule has 1 aromatic carbocycles. The number of hydrogen-bond acceptors (Lipinski definition) is 3. The van der Waals surface area contributed by atoms with Crippen LogP contribution >= 0.6 is 0 Å². The van der Waals surface area contributed by atoms with E-state index in [0.29, 0.717) is 0 Å². The quantitative estimate of drug-likeness (QED) is 0.431. The Balaban J connectivity index is 1.36. The molecule has 2 aromatic rings. The molecular weight excluding hydrogens is 314 g/mol.